The molecule has 0 bridgehead atoms. The Bertz CT molecular complexity index is 2740. The van der Waals surface area contributed by atoms with Crippen molar-refractivity contribution in [1.29, 1.82) is 0 Å². The van der Waals surface area contributed by atoms with Crippen molar-refractivity contribution in [3.05, 3.63) is 146 Å². The molecule has 0 saturated heterocycles. The van der Waals surface area contributed by atoms with Gasteiger partial charge in [-0.3, -0.25) is 4.40 Å². The fourth-order valence-electron chi connectivity index (χ4n) is 6.96. The summed E-state index contributed by atoms with van der Waals surface area (Å²) in [4.78, 5) is 20.4. The number of nitrogens with zero attached hydrogens (tertiary/aromatic N) is 6. The van der Waals surface area contributed by atoms with Crippen LogP contribution in [0.1, 0.15) is 0 Å². The quantitative estimate of drug-likeness (QED) is 0.206. The Morgan fingerprint density at radius 3 is 1.43 bits per heavy atom. The molecule has 46 heavy (non-hydrogen) atoms. The molecule has 0 atom stereocenters. The molecule has 0 amide bonds. The fourth-order valence-corrected chi connectivity index (χ4v) is 6.96. The molecule has 6 aromatic carbocycles. The van der Waals surface area contributed by atoms with Crippen LogP contribution in [-0.4, -0.2) is 28.7 Å². The van der Waals surface area contributed by atoms with Crippen LogP contribution in [0.3, 0.4) is 0 Å². The molecule has 10 rings (SSSR count). The standard InChI is InChI=1S/C40H24N6/c1-3-13-25(14-4-1)37-42-38(26-15-5-2-6-16-26)44-39(43-37)40-41-31-21-12-24-34-36(31)46(40)33-23-10-8-18-28(33)30-20-11-19-29-27-17-7-9-22-32(27)45(34)35(29)30/h1-24H. The van der Waals surface area contributed by atoms with E-state index in [1.165, 1.54) is 16.3 Å². The molecule has 4 aromatic heterocycles. The van der Waals surface area contributed by atoms with Crippen LogP contribution >= 0.6 is 0 Å². The number of rotatable bonds is 3. The summed E-state index contributed by atoms with van der Waals surface area (Å²) in [6.45, 7) is 0. The minimum atomic E-state index is 0.515. The Morgan fingerprint density at radius 1 is 0.326 bits per heavy atom. The maximum absolute atomic E-state index is 5.29. The highest BCUT2D eigenvalue weighted by atomic mass is 15.1. The van der Waals surface area contributed by atoms with Crippen molar-refractivity contribution >= 4 is 54.6 Å². The second-order valence-corrected chi connectivity index (χ2v) is 11.5. The molecule has 6 heteroatoms. The van der Waals surface area contributed by atoms with Crippen LogP contribution in [0.5, 0.6) is 0 Å². The first kappa shape index (κ1) is 25.0. The van der Waals surface area contributed by atoms with E-state index >= 15 is 0 Å². The lowest BCUT2D eigenvalue weighted by atomic mass is 10.1. The largest absolute Gasteiger partial charge is 0.306 e. The molecular formula is C40H24N6. The topological polar surface area (TPSA) is 60.4 Å². The summed E-state index contributed by atoms with van der Waals surface area (Å²) in [6, 6.07) is 50.3. The highest BCUT2D eigenvalue weighted by Crippen LogP contribution is 2.38. The van der Waals surface area contributed by atoms with Crippen LogP contribution in [0, 0.1) is 0 Å². The monoisotopic (exact) mass is 588 g/mol. The highest BCUT2D eigenvalue weighted by Gasteiger charge is 2.22. The van der Waals surface area contributed by atoms with Gasteiger partial charge in [0.1, 0.15) is 0 Å². The Morgan fingerprint density at radius 2 is 0.804 bits per heavy atom. The number of imidazole rings is 1. The molecule has 0 radical (unpaired) electrons. The summed E-state index contributed by atoms with van der Waals surface area (Å²) < 4.78 is 4.65. The maximum Gasteiger partial charge on any atom is 0.200 e. The molecule has 0 aliphatic heterocycles. The van der Waals surface area contributed by atoms with Crippen LogP contribution in [-0.2, 0) is 0 Å². The Hall–Kier alpha value is -6.40. The van der Waals surface area contributed by atoms with Gasteiger partial charge >= 0.3 is 0 Å². The molecule has 0 aliphatic rings. The predicted octanol–water partition coefficient (Wildman–Crippen LogP) is 9.39. The lowest BCUT2D eigenvalue weighted by molar-refractivity contribution is 1.04. The molecule has 0 fully saturated rings. The SMILES string of the molecule is c1ccc(-c2nc(-c3ccccc3)nc(-c3nc4cccc5c4n3c3ccccc3c3cccc4c6ccccc6n5c34)n2)cc1. The number of aromatic nitrogens is 6. The third-order valence-electron chi connectivity index (χ3n) is 8.93. The summed E-state index contributed by atoms with van der Waals surface area (Å²) in [5.41, 5.74) is 8.15. The van der Waals surface area contributed by atoms with Crippen molar-refractivity contribution in [2.75, 3.05) is 0 Å². The highest BCUT2D eigenvalue weighted by molar-refractivity contribution is 6.21. The predicted molar refractivity (Wildman–Crippen MR) is 186 cm³/mol. The number of para-hydroxylation sites is 4. The van der Waals surface area contributed by atoms with Crippen molar-refractivity contribution in [3.8, 4) is 34.4 Å². The Kier molecular flexibility index (Phi) is 5.19. The summed E-state index contributed by atoms with van der Waals surface area (Å²) >= 11 is 0. The molecule has 4 heterocycles. The zero-order valence-electron chi connectivity index (χ0n) is 24.5. The molecule has 0 saturated carbocycles. The van der Waals surface area contributed by atoms with Crippen LogP contribution < -0.4 is 0 Å². The second-order valence-electron chi connectivity index (χ2n) is 11.5. The van der Waals surface area contributed by atoms with E-state index in [0.29, 0.717) is 23.3 Å². The van der Waals surface area contributed by atoms with E-state index in [0.717, 1.165) is 49.5 Å². The minimum absolute atomic E-state index is 0.515. The number of fused-ring (bicyclic) bond motifs is 7. The molecule has 10 aromatic rings. The van der Waals surface area contributed by atoms with Crippen molar-refractivity contribution in [1.82, 2.24) is 28.7 Å². The average Bonchev–Trinajstić information content (AvgIpc) is 3.68. The zero-order valence-corrected chi connectivity index (χ0v) is 24.5. The lowest BCUT2D eigenvalue weighted by Gasteiger charge is -2.11. The molecule has 0 unspecified atom stereocenters. The van der Waals surface area contributed by atoms with E-state index in [-0.39, 0.29) is 0 Å². The van der Waals surface area contributed by atoms with E-state index in [2.05, 4.69) is 93.7 Å². The van der Waals surface area contributed by atoms with Crippen LogP contribution in [0.25, 0.3) is 89.1 Å². The number of benzene rings is 6. The fraction of sp³-hybridized carbons (Fsp3) is 0. The van der Waals surface area contributed by atoms with Gasteiger partial charge in [0, 0.05) is 32.7 Å². The van der Waals surface area contributed by atoms with Crippen molar-refractivity contribution in [3.63, 3.8) is 0 Å². The van der Waals surface area contributed by atoms with E-state index in [1.54, 1.807) is 0 Å². The molecule has 214 valence electrons. The summed E-state index contributed by atoms with van der Waals surface area (Å²) in [5, 5.41) is 4.73. The average molecular weight is 589 g/mol. The van der Waals surface area contributed by atoms with Crippen molar-refractivity contribution in [2.45, 2.75) is 0 Å². The first-order chi connectivity index (χ1) is 22.8. The first-order valence-corrected chi connectivity index (χ1v) is 15.3. The number of hydrogen-bond acceptors (Lipinski definition) is 4. The van der Waals surface area contributed by atoms with Gasteiger partial charge in [-0.1, -0.05) is 121 Å². The van der Waals surface area contributed by atoms with E-state index in [9.17, 15) is 0 Å². The second kappa shape index (κ2) is 9.55. The van der Waals surface area contributed by atoms with Gasteiger partial charge in [-0.05, 0) is 24.3 Å². The normalized spacial score (nSPS) is 11.9. The summed E-state index contributed by atoms with van der Waals surface area (Å²) in [7, 11) is 0. The van der Waals surface area contributed by atoms with Gasteiger partial charge in [0.2, 0.25) is 0 Å². The molecule has 0 spiro atoms. The van der Waals surface area contributed by atoms with E-state index < -0.39 is 0 Å². The lowest BCUT2D eigenvalue weighted by Crippen LogP contribution is -2.03. The van der Waals surface area contributed by atoms with Crippen molar-refractivity contribution < 1.29 is 0 Å². The molecule has 0 aliphatic carbocycles. The zero-order chi connectivity index (χ0) is 30.2. The van der Waals surface area contributed by atoms with Crippen LogP contribution in [0.4, 0.5) is 0 Å². The van der Waals surface area contributed by atoms with Crippen LogP contribution in [0.15, 0.2) is 146 Å². The van der Waals surface area contributed by atoms with Gasteiger partial charge in [-0.25, -0.2) is 19.9 Å². The Labute approximate surface area is 262 Å². The third kappa shape index (κ3) is 3.52. The smallest absolute Gasteiger partial charge is 0.200 e. The Balaban J connectivity index is 1.43. The van der Waals surface area contributed by atoms with Gasteiger partial charge < -0.3 is 4.40 Å². The van der Waals surface area contributed by atoms with Crippen LogP contribution in [0.2, 0.25) is 0 Å². The van der Waals surface area contributed by atoms with Gasteiger partial charge in [-0.2, -0.15) is 0 Å². The number of hydrogen-bond donors (Lipinski definition) is 0. The first-order valence-electron chi connectivity index (χ1n) is 15.3. The van der Waals surface area contributed by atoms with E-state index in [4.69, 9.17) is 19.9 Å². The molecular weight excluding hydrogens is 564 g/mol. The summed E-state index contributed by atoms with van der Waals surface area (Å²) in [6.07, 6.45) is 0. The summed E-state index contributed by atoms with van der Waals surface area (Å²) in [5.74, 6) is 2.39. The van der Waals surface area contributed by atoms with Gasteiger partial charge in [0.05, 0.1) is 33.1 Å². The van der Waals surface area contributed by atoms with Gasteiger partial charge in [0.15, 0.2) is 23.3 Å². The van der Waals surface area contributed by atoms with Crippen molar-refractivity contribution in [2.24, 2.45) is 0 Å². The third-order valence-corrected chi connectivity index (χ3v) is 8.93. The minimum Gasteiger partial charge on any atom is -0.306 e. The molecule has 0 N–H and O–H groups in total. The maximum atomic E-state index is 5.29. The van der Waals surface area contributed by atoms with Gasteiger partial charge in [0.25, 0.3) is 0 Å². The molecule has 6 nitrogen and oxygen atoms in total. The van der Waals surface area contributed by atoms with Gasteiger partial charge in [-0.15, -0.1) is 0 Å². The van der Waals surface area contributed by atoms with E-state index in [1.807, 2.05) is 60.7 Å².